The molecular weight excluding hydrogens is 354 g/mol. The van der Waals surface area contributed by atoms with Crippen molar-refractivity contribution in [3.8, 4) is 11.5 Å². The molecule has 2 aromatic carbocycles. The van der Waals surface area contributed by atoms with Crippen molar-refractivity contribution >= 4 is 11.7 Å². The molecular formula is C23H25NO4. The smallest absolute Gasteiger partial charge is 0.222 e. The van der Waals surface area contributed by atoms with E-state index in [9.17, 15) is 9.59 Å². The van der Waals surface area contributed by atoms with Crippen LogP contribution in [0.5, 0.6) is 11.5 Å². The van der Waals surface area contributed by atoms with Crippen molar-refractivity contribution in [3.05, 3.63) is 59.7 Å². The van der Waals surface area contributed by atoms with E-state index in [-0.39, 0.29) is 11.7 Å². The van der Waals surface area contributed by atoms with Gasteiger partial charge in [0, 0.05) is 32.4 Å². The number of rotatable bonds is 4. The largest absolute Gasteiger partial charge is 0.497 e. The number of para-hydroxylation sites is 1. The molecule has 0 saturated carbocycles. The molecule has 0 bridgehead atoms. The molecule has 1 spiro atoms. The highest BCUT2D eigenvalue weighted by atomic mass is 16.5. The maximum Gasteiger partial charge on any atom is 0.222 e. The van der Waals surface area contributed by atoms with Crippen LogP contribution in [0.2, 0.25) is 0 Å². The van der Waals surface area contributed by atoms with Crippen LogP contribution in [0, 0.1) is 0 Å². The molecule has 0 N–H and O–H groups in total. The van der Waals surface area contributed by atoms with Crippen LogP contribution in [0.4, 0.5) is 0 Å². The fourth-order valence-electron chi connectivity index (χ4n) is 4.09. The van der Waals surface area contributed by atoms with Crippen molar-refractivity contribution in [1.29, 1.82) is 0 Å². The number of benzene rings is 2. The standard InChI is InChI=1S/C23H25NO4/c1-27-18-9-6-17(7-10-18)8-11-22(26)24-14-12-23(13-15-24)16-20(25)19-4-2-3-5-21(19)28-23/h2-7,9-10H,8,11-16H2,1H3. The number of amides is 1. The number of Topliss-reactive ketones (excluding diaryl/α,β-unsaturated/α-hetero) is 1. The SMILES string of the molecule is COc1ccc(CCC(=O)N2CCC3(CC2)CC(=O)c2ccccc2O3)cc1. The number of methoxy groups -OCH3 is 1. The molecule has 2 heterocycles. The second-order valence-electron chi connectivity index (χ2n) is 7.61. The van der Waals surface area contributed by atoms with Crippen LogP contribution in [0.1, 0.15) is 41.6 Å². The summed E-state index contributed by atoms with van der Waals surface area (Å²) in [5, 5.41) is 0. The predicted molar refractivity (Wildman–Crippen MR) is 106 cm³/mol. The fraction of sp³-hybridized carbons (Fsp3) is 0.391. The molecule has 2 aromatic rings. The molecule has 0 radical (unpaired) electrons. The molecule has 4 rings (SSSR count). The lowest BCUT2D eigenvalue weighted by atomic mass is 9.82. The molecule has 2 aliphatic heterocycles. The summed E-state index contributed by atoms with van der Waals surface area (Å²) < 4.78 is 11.4. The first kappa shape index (κ1) is 18.5. The average molecular weight is 379 g/mol. The molecule has 1 amide bonds. The van der Waals surface area contributed by atoms with Gasteiger partial charge in [0.05, 0.1) is 19.1 Å². The number of hydrogen-bond donors (Lipinski definition) is 0. The molecule has 0 unspecified atom stereocenters. The second-order valence-corrected chi connectivity index (χ2v) is 7.61. The van der Waals surface area contributed by atoms with Gasteiger partial charge < -0.3 is 14.4 Å². The second kappa shape index (κ2) is 7.66. The topological polar surface area (TPSA) is 55.8 Å². The normalized spacial score (nSPS) is 17.8. The maximum absolute atomic E-state index is 12.6. The minimum absolute atomic E-state index is 0.140. The van der Waals surface area contributed by atoms with Gasteiger partial charge >= 0.3 is 0 Å². The van der Waals surface area contributed by atoms with Crippen molar-refractivity contribution in [3.63, 3.8) is 0 Å². The van der Waals surface area contributed by atoms with E-state index in [1.165, 1.54) is 0 Å². The highest BCUT2D eigenvalue weighted by molar-refractivity contribution is 6.00. The Morgan fingerprint density at radius 2 is 1.82 bits per heavy atom. The van der Waals surface area contributed by atoms with Gasteiger partial charge in [-0.1, -0.05) is 24.3 Å². The Balaban J connectivity index is 1.32. The van der Waals surface area contributed by atoms with Crippen molar-refractivity contribution in [1.82, 2.24) is 4.90 Å². The number of carbonyl (C=O) groups excluding carboxylic acids is 2. The molecule has 1 fully saturated rings. The van der Waals surface area contributed by atoms with Gasteiger partial charge in [-0.05, 0) is 36.2 Å². The number of nitrogens with zero attached hydrogens (tertiary/aromatic N) is 1. The van der Waals surface area contributed by atoms with Gasteiger partial charge in [-0.3, -0.25) is 9.59 Å². The zero-order valence-electron chi connectivity index (χ0n) is 16.1. The molecule has 5 heteroatoms. The quantitative estimate of drug-likeness (QED) is 0.814. The summed E-state index contributed by atoms with van der Waals surface area (Å²) in [6.07, 6.45) is 3.00. The number of likely N-dealkylation sites (tertiary alicyclic amines) is 1. The van der Waals surface area contributed by atoms with Crippen molar-refractivity contribution in [2.24, 2.45) is 0 Å². The molecule has 28 heavy (non-hydrogen) atoms. The van der Waals surface area contributed by atoms with E-state index < -0.39 is 5.60 Å². The summed E-state index contributed by atoms with van der Waals surface area (Å²) in [5.41, 5.74) is 1.34. The highest BCUT2D eigenvalue weighted by Gasteiger charge is 2.43. The summed E-state index contributed by atoms with van der Waals surface area (Å²) in [6.45, 7) is 1.27. The van der Waals surface area contributed by atoms with Crippen LogP contribution < -0.4 is 9.47 Å². The molecule has 0 aromatic heterocycles. The first-order chi connectivity index (χ1) is 13.6. The first-order valence-corrected chi connectivity index (χ1v) is 9.80. The van der Waals surface area contributed by atoms with Crippen LogP contribution in [0.25, 0.3) is 0 Å². The van der Waals surface area contributed by atoms with E-state index in [1.54, 1.807) is 7.11 Å². The third-order valence-electron chi connectivity index (χ3n) is 5.81. The summed E-state index contributed by atoms with van der Waals surface area (Å²) in [5.74, 6) is 1.80. The molecule has 5 nitrogen and oxygen atoms in total. The highest BCUT2D eigenvalue weighted by Crippen LogP contribution is 2.39. The Morgan fingerprint density at radius 3 is 2.54 bits per heavy atom. The van der Waals surface area contributed by atoms with Gasteiger partial charge in [0.2, 0.25) is 5.91 Å². The summed E-state index contributed by atoms with van der Waals surface area (Å²) in [4.78, 5) is 27.0. The van der Waals surface area contributed by atoms with E-state index in [4.69, 9.17) is 9.47 Å². The van der Waals surface area contributed by atoms with E-state index >= 15 is 0 Å². The minimum atomic E-state index is -0.460. The number of piperidine rings is 1. The molecule has 146 valence electrons. The Morgan fingerprint density at radius 1 is 1.11 bits per heavy atom. The summed E-state index contributed by atoms with van der Waals surface area (Å²) >= 11 is 0. The van der Waals surface area contributed by atoms with E-state index in [0.29, 0.717) is 56.5 Å². The number of aryl methyl sites for hydroxylation is 1. The van der Waals surface area contributed by atoms with Gasteiger partial charge in [-0.25, -0.2) is 0 Å². The molecule has 0 atom stereocenters. The molecule has 1 saturated heterocycles. The van der Waals surface area contributed by atoms with Gasteiger partial charge in [0.25, 0.3) is 0 Å². The van der Waals surface area contributed by atoms with Gasteiger partial charge in [0.1, 0.15) is 17.1 Å². The zero-order chi connectivity index (χ0) is 19.6. The molecule has 0 aliphatic carbocycles. The van der Waals surface area contributed by atoms with Crippen molar-refractivity contribution in [2.45, 2.75) is 37.7 Å². The van der Waals surface area contributed by atoms with Crippen LogP contribution in [-0.2, 0) is 11.2 Å². The monoisotopic (exact) mass is 379 g/mol. The van der Waals surface area contributed by atoms with Gasteiger partial charge in [-0.2, -0.15) is 0 Å². The van der Waals surface area contributed by atoms with Crippen molar-refractivity contribution < 1.29 is 19.1 Å². The molecule has 2 aliphatic rings. The van der Waals surface area contributed by atoms with Crippen LogP contribution >= 0.6 is 0 Å². The lowest BCUT2D eigenvalue weighted by molar-refractivity contribution is -0.134. The van der Waals surface area contributed by atoms with Gasteiger partial charge in [0.15, 0.2) is 5.78 Å². The maximum atomic E-state index is 12.6. The summed E-state index contributed by atoms with van der Waals surface area (Å²) in [7, 11) is 1.64. The van der Waals surface area contributed by atoms with Crippen LogP contribution in [0.3, 0.4) is 0 Å². The van der Waals surface area contributed by atoms with E-state index in [2.05, 4.69) is 0 Å². The Labute approximate surface area is 165 Å². The number of fused-ring (bicyclic) bond motifs is 1. The first-order valence-electron chi connectivity index (χ1n) is 9.80. The Kier molecular flexibility index (Phi) is 5.07. The van der Waals surface area contributed by atoms with Crippen molar-refractivity contribution in [2.75, 3.05) is 20.2 Å². The van der Waals surface area contributed by atoms with E-state index in [0.717, 1.165) is 11.3 Å². The number of ether oxygens (including phenoxy) is 2. The third kappa shape index (κ3) is 3.75. The van der Waals surface area contributed by atoms with E-state index in [1.807, 2.05) is 53.4 Å². The number of hydrogen-bond acceptors (Lipinski definition) is 4. The Hall–Kier alpha value is -2.82. The Bertz CT molecular complexity index is 866. The van der Waals surface area contributed by atoms with Crippen LogP contribution in [-0.4, -0.2) is 42.4 Å². The van der Waals surface area contributed by atoms with Gasteiger partial charge in [-0.15, -0.1) is 0 Å². The average Bonchev–Trinajstić information content (AvgIpc) is 2.73. The fourth-order valence-corrected chi connectivity index (χ4v) is 4.09. The third-order valence-corrected chi connectivity index (χ3v) is 5.81. The number of ketones is 1. The summed E-state index contributed by atoms with van der Waals surface area (Å²) in [6, 6.07) is 15.3. The predicted octanol–water partition coefficient (Wildman–Crippen LogP) is 3.65. The zero-order valence-corrected chi connectivity index (χ0v) is 16.1. The lowest BCUT2D eigenvalue weighted by Crippen LogP contribution is -2.52. The van der Waals surface area contributed by atoms with Crippen LogP contribution in [0.15, 0.2) is 48.5 Å². The number of carbonyl (C=O) groups is 2. The minimum Gasteiger partial charge on any atom is -0.497 e. The lowest BCUT2D eigenvalue weighted by Gasteiger charge is -2.44.